The van der Waals surface area contributed by atoms with Crippen molar-refractivity contribution in [3.05, 3.63) is 66.2 Å². The highest BCUT2D eigenvalue weighted by Crippen LogP contribution is 2.38. The number of ether oxygens (including phenoxy) is 2. The highest BCUT2D eigenvalue weighted by atomic mass is 32.2. The van der Waals surface area contributed by atoms with E-state index in [4.69, 9.17) is 14.6 Å². The largest absolute Gasteiger partial charge is 0.511 e. The fraction of sp³-hybridized carbons (Fsp3) is 0.105. The van der Waals surface area contributed by atoms with Gasteiger partial charge < -0.3 is 14.6 Å². The monoisotopic (exact) mass is 372 g/mol. The van der Waals surface area contributed by atoms with Gasteiger partial charge in [0, 0.05) is 5.56 Å². The van der Waals surface area contributed by atoms with Crippen LogP contribution in [-0.4, -0.2) is 26.8 Å². The van der Waals surface area contributed by atoms with E-state index in [0.29, 0.717) is 16.5 Å². The third-order valence-corrected chi connectivity index (χ3v) is 5.58. The van der Waals surface area contributed by atoms with Crippen molar-refractivity contribution >= 4 is 26.8 Å². The molecular formula is C19H16O6S. The normalized spacial score (nSPS) is 11.3. The van der Waals surface area contributed by atoms with Crippen LogP contribution in [0.15, 0.2) is 65.6 Å². The predicted octanol–water partition coefficient (Wildman–Crippen LogP) is 3.88. The van der Waals surface area contributed by atoms with Gasteiger partial charge in [0.05, 0.1) is 23.1 Å². The summed E-state index contributed by atoms with van der Waals surface area (Å²) in [7, 11) is -2.22. The topological polar surface area (TPSA) is 89.9 Å². The van der Waals surface area contributed by atoms with E-state index in [1.807, 2.05) is 0 Å². The SMILES string of the molecule is COc1cccc2ccc(CS(=O)(=O)c3ccccc3)c(OC(=O)O)c12. The van der Waals surface area contributed by atoms with Gasteiger partial charge in [-0.3, -0.25) is 0 Å². The molecule has 134 valence electrons. The van der Waals surface area contributed by atoms with Crippen molar-refractivity contribution in [3.8, 4) is 11.5 Å². The van der Waals surface area contributed by atoms with Crippen molar-refractivity contribution in [2.45, 2.75) is 10.6 Å². The average molecular weight is 372 g/mol. The molecule has 0 radical (unpaired) electrons. The van der Waals surface area contributed by atoms with Gasteiger partial charge in [-0.2, -0.15) is 0 Å². The lowest BCUT2D eigenvalue weighted by molar-refractivity contribution is 0.144. The molecule has 0 aliphatic heterocycles. The highest BCUT2D eigenvalue weighted by molar-refractivity contribution is 7.90. The zero-order valence-electron chi connectivity index (χ0n) is 13.9. The minimum absolute atomic E-state index is 0.0352. The van der Waals surface area contributed by atoms with Gasteiger partial charge in [0.25, 0.3) is 0 Å². The number of carbonyl (C=O) groups is 1. The van der Waals surface area contributed by atoms with Gasteiger partial charge >= 0.3 is 6.16 Å². The number of fused-ring (bicyclic) bond motifs is 1. The fourth-order valence-electron chi connectivity index (χ4n) is 2.76. The maximum Gasteiger partial charge on any atom is 0.511 e. The summed E-state index contributed by atoms with van der Waals surface area (Å²) in [5.74, 6) is -0.0298. The molecule has 7 heteroatoms. The number of carboxylic acid groups (broad SMARTS) is 1. The van der Waals surface area contributed by atoms with Crippen LogP contribution in [0.5, 0.6) is 11.5 Å². The second-order valence-corrected chi connectivity index (χ2v) is 7.54. The second kappa shape index (κ2) is 7.05. The Morgan fingerprint density at radius 2 is 1.73 bits per heavy atom. The molecule has 3 aromatic carbocycles. The number of benzene rings is 3. The maximum atomic E-state index is 12.7. The Morgan fingerprint density at radius 1 is 1.00 bits per heavy atom. The Morgan fingerprint density at radius 3 is 2.38 bits per heavy atom. The van der Waals surface area contributed by atoms with Crippen molar-refractivity contribution in [1.82, 2.24) is 0 Å². The van der Waals surface area contributed by atoms with Crippen LogP contribution < -0.4 is 9.47 Å². The van der Waals surface area contributed by atoms with Gasteiger partial charge in [0.1, 0.15) is 11.5 Å². The van der Waals surface area contributed by atoms with E-state index in [9.17, 15) is 13.2 Å². The zero-order chi connectivity index (χ0) is 18.7. The molecule has 3 aromatic rings. The molecule has 0 saturated heterocycles. The third kappa shape index (κ3) is 3.48. The first kappa shape index (κ1) is 17.8. The van der Waals surface area contributed by atoms with Gasteiger partial charge in [-0.25, -0.2) is 13.2 Å². The molecule has 26 heavy (non-hydrogen) atoms. The Kier molecular flexibility index (Phi) is 4.81. The van der Waals surface area contributed by atoms with Crippen LogP contribution in [0.1, 0.15) is 5.56 Å². The maximum absolute atomic E-state index is 12.7. The molecule has 0 aliphatic carbocycles. The van der Waals surface area contributed by atoms with Crippen molar-refractivity contribution in [3.63, 3.8) is 0 Å². The van der Waals surface area contributed by atoms with Gasteiger partial charge in [-0.1, -0.05) is 42.5 Å². The molecule has 0 unspecified atom stereocenters. The summed E-state index contributed by atoms with van der Waals surface area (Å²) < 4.78 is 35.6. The molecule has 6 nitrogen and oxygen atoms in total. The van der Waals surface area contributed by atoms with Crippen molar-refractivity contribution in [2.75, 3.05) is 7.11 Å². The van der Waals surface area contributed by atoms with Gasteiger partial charge in [0.2, 0.25) is 0 Å². The lowest BCUT2D eigenvalue weighted by atomic mass is 10.1. The van der Waals surface area contributed by atoms with Crippen LogP contribution in [0.2, 0.25) is 0 Å². The molecule has 0 aliphatic rings. The molecule has 0 bridgehead atoms. The molecule has 0 aromatic heterocycles. The number of rotatable bonds is 5. The van der Waals surface area contributed by atoms with E-state index in [0.717, 1.165) is 0 Å². The van der Waals surface area contributed by atoms with Crippen LogP contribution in [0.25, 0.3) is 10.8 Å². The summed E-state index contributed by atoms with van der Waals surface area (Å²) in [4.78, 5) is 11.3. The van der Waals surface area contributed by atoms with Crippen LogP contribution in [-0.2, 0) is 15.6 Å². The fourth-order valence-corrected chi connectivity index (χ4v) is 4.14. The molecule has 1 N–H and O–H groups in total. The number of hydrogen-bond acceptors (Lipinski definition) is 5. The summed E-state index contributed by atoms with van der Waals surface area (Å²) in [5.41, 5.74) is 0.244. The van der Waals surface area contributed by atoms with E-state index in [2.05, 4.69) is 0 Å². The van der Waals surface area contributed by atoms with Crippen LogP contribution in [0.4, 0.5) is 4.79 Å². The van der Waals surface area contributed by atoms with E-state index in [1.165, 1.54) is 19.2 Å². The Balaban J connectivity index is 2.18. The highest BCUT2D eigenvalue weighted by Gasteiger charge is 2.22. The molecule has 0 spiro atoms. The minimum Gasteiger partial charge on any atom is -0.496 e. The van der Waals surface area contributed by atoms with Gasteiger partial charge in [-0.05, 0) is 23.6 Å². The van der Waals surface area contributed by atoms with Crippen molar-refractivity contribution < 1.29 is 27.8 Å². The summed E-state index contributed by atoms with van der Waals surface area (Å²) in [6.07, 6.45) is -1.53. The lowest BCUT2D eigenvalue weighted by Crippen LogP contribution is -2.10. The Labute approximate surface area is 150 Å². The summed E-state index contributed by atoms with van der Waals surface area (Å²) in [6, 6.07) is 16.4. The summed E-state index contributed by atoms with van der Waals surface area (Å²) >= 11 is 0. The summed E-state index contributed by atoms with van der Waals surface area (Å²) in [5, 5.41) is 10.2. The lowest BCUT2D eigenvalue weighted by Gasteiger charge is -2.14. The zero-order valence-corrected chi connectivity index (χ0v) is 14.7. The Bertz CT molecular complexity index is 1060. The first-order valence-corrected chi connectivity index (χ1v) is 9.35. The molecule has 0 amide bonds. The van der Waals surface area contributed by atoms with Crippen LogP contribution in [0, 0.1) is 0 Å². The molecule has 3 rings (SSSR count). The minimum atomic E-state index is -3.67. The Hall–Kier alpha value is -3.06. The average Bonchev–Trinajstić information content (AvgIpc) is 2.63. The van der Waals surface area contributed by atoms with Crippen LogP contribution in [0.3, 0.4) is 0 Å². The molecule has 0 atom stereocenters. The molecule has 0 saturated carbocycles. The molecular weight excluding hydrogens is 356 g/mol. The van der Waals surface area contributed by atoms with E-state index >= 15 is 0 Å². The number of methoxy groups -OCH3 is 1. The first-order valence-electron chi connectivity index (χ1n) is 7.69. The molecule has 0 heterocycles. The standard InChI is InChI=1S/C19H16O6S/c1-24-16-9-5-6-13-10-11-14(18(17(13)16)25-19(20)21)12-26(22,23)15-7-3-2-4-8-15/h2-11H,12H2,1H3,(H,20,21). The molecule has 0 fully saturated rings. The number of sulfone groups is 1. The van der Waals surface area contributed by atoms with Gasteiger partial charge in [-0.15, -0.1) is 0 Å². The van der Waals surface area contributed by atoms with Crippen molar-refractivity contribution in [1.29, 1.82) is 0 Å². The smallest absolute Gasteiger partial charge is 0.496 e. The van der Waals surface area contributed by atoms with E-state index < -0.39 is 21.7 Å². The van der Waals surface area contributed by atoms with E-state index in [1.54, 1.807) is 48.5 Å². The number of hydrogen-bond donors (Lipinski definition) is 1. The van der Waals surface area contributed by atoms with Gasteiger partial charge in [0.15, 0.2) is 9.84 Å². The quantitative estimate of drug-likeness (QED) is 0.540. The van der Waals surface area contributed by atoms with Crippen LogP contribution >= 0.6 is 0 Å². The first-order chi connectivity index (χ1) is 12.4. The van der Waals surface area contributed by atoms with E-state index in [-0.39, 0.29) is 16.2 Å². The van der Waals surface area contributed by atoms with Crippen molar-refractivity contribution in [2.24, 2.45) is 0 Å². The second-order valence-electron chi connectivity index (χ2n) is 5.55. The third-order valence-electron chi connectivity index (χ3n) is 3.90. The predicted molar refractivity (Wildman–Crippen MR) is 96.5 cm³/mol. The summed E-state index contributed by atoms with van der Waals surface area (Å²) in [6.45, 7) is 0.